The predicted octanol–water partition coefficient (Wildman–Crippen LogP) is 1.30. The van der Waals surface area contributed by atoms with E-state index in [0.29, 0.717) is 19.1 Å². The summed E-state index contributed by atoms with van der Waals surface area (Å²) < 4.78 is 25.9. The van der Waals surface area contributed by atoms with Crippen molar-refractivity contribution in [3.05, 3.63) is 11.8 Å². The minimum Gasteiger partial charge on any atom is -0.318 e. The monoisotopic (exact) mass is 381 g/mol. The maximum atomic E-state index is 12.9. The van der Waals surface area contributed by atoms with Gasteiger partial charge in [-0.2, -0.15) is 5.10 Å². The first-order chi connectivity index (χ1) is 12.4. The van der Waals surface area contributed by atoms with Gasteiger partial charge in [-0.15, -0.1) is 0 Å². The fourth-order valence-electron chi connectivity index (χ4n) is 4.51. The summed E-state index contributed by atoms with van der Waals surface area (Å²) in [5.74, 6) is 0.870. The number of urea groups is 1. The molecule has 1 saturated carbocycles. The lowest BCUT2D eigenvalue weighted by Crippen LogP contribution is -2.60. The van der Waals surface area contributed by atoms with Crippen LogP contribution in [0.3, 0.4) is 0 Å². The van der Waals surface area contributed by atoms with Gasteiger partial charge in [-0.1, -0.05) is 19.3 Å². The zero-order valence-corrected chi connectivity index (χ0v) is 16.0. The van der Waals surface area contributed by atoms with Crippen LogP contribution in [0.1, 0.15) is 43.8 Å². The Morgan fingerprint density at radius 1 is 1.27 bits per heavy atom. The van der Waals surface area contributed by atoms with Gasteiger partial charge in [-0.05, 0) is 19.8 Å². The summed E-state index contributed by atoms with van der Waals surface area (Å²) in [6.07, 6.45) is 5.81. The van der Waals surface area contributed by atoms with Gasteiger partial charge in [0, 0.05) is 25.2 Å². The number of fused-ring (bicyclic) bond motifs is 1. The fraction of sp³-hybridized carbons (Fsp3) is 0.765. The van der Waals surface area contributed by atoms with E-state index >= 15 is 0 Å². The van der Waals surface area contributed by atoms with E-state index in [2.05, 4.69) is 15.7 Å². The number of aryl methyl sites for hydroxylation is 1. The highest BCUT2D eigenvalue weighted by Gasteiger charge is 2.44. The van der Waals surface area contributed by atoms with Crippen molar-refractivity contribution in [1.82, 2.24) is 20.0 Å². The van der Waals surface area contributed by atoms with Gasteiger partial charge in [0.25, 0.3) is 0 Å². The van der Waals surface area contributed by atoms with Gasteiger partial charge in [0.05, 0.1) is 29.3 Å². The molecule has 0 unspecified atom stereocenters. The van der Waals surface area contributed by atoms with Crippen molar-refractivity contribution in [2.45, 2.75) is 57.2 Å². The van der Waals surface area contributed by atoms with E-state index in [1.807, 2.05) is 17.7 Å². The second-order valence-corrected chi connectivity index (χ2v) is 9.89. The zero-order chi connectivity index (χ0) is 18.3. The number of piperazine rings is 1. The largest absolute Gasteiger partial charge is 0.323 e. The van der Waals surface area contributed by atoms with Crippen LogP contribution >= 0.6 is 0 Å². The number of carbonyl (C=O) groups excluding carboxylic acids is 1. The number of aromatic nitrogens is 2. The molecular formula is C17H27N5O3S. The molecule has 144 valence electrons. The molecule has 3 fully saturated rings. The zero-order valence-electron chi connectivity index (χ0n) is 15.1. The molecule has 1 aromatic heterocycles. The highest BCUT2D eigenvalue weighted by atomic mass is 32.2. The van der Waals surface area contributed by atoms with Crippen LogP contribution in [0.2, 0.25) is 0 Å². The first-order valence-electron chi connectivity index (χ1n) is 9.50. The summed E-state index contributed by atoms with van der Waals surface area (Å²) in [5.41, 5.74) is 0.882. The highest BCUT2D eigenvalue weighted by molar-refractivity contribution is 7.91. The highest BCUT2D eigenvalue weighted by Crippen LogP contribution is 2.31. The second-order valence-electron chi connectivity index (χ2n) is 7.74. The number of amides is 2. The summed E-state index contributed by atoms with van der Waals surface area (Å²) in [6.45, 7) is 3.06. The number of sulfone groups is 1. The van der Waals surface area contributed by atoms with E-state index in [1.54, 1.807) is 4.90 Å². The summed E-state index contributed by atoms with van der Waals surface area (Å²) in [7, 11) is -3.09. The Balaban J connectivity index is 1.51. The lowest BCUT2D eigenvalue weighted by atomic mass is 9.96. The first-order valence-corrected chi connectivity index (χ1v) is 11.3. The average Bonchev–Trinajstić information content (AvgIpc) is 3.12. The number of carbonyl (C=O) groups is 1. The number of nitrogens with one attached hydrogen (secondary N) is 2. The third kappa shape index (κ3) is 3.46. The minimum absolute atomic E-state index is 0.0407. The fourth-order valence-corrected chi connectivity index (χ4v) is 6.47. The van der Waals surface area contributed by atoms with Crippen molar-refractivity contribution in [3.8, 4) is 0 Å². The maximum Gasteiger partial charge on any atom is 0.323 e. The minimum atomic E-state index is -3.09. The third-order valence-corrected chi connectivity index (χ3v) is 7.47. The molecule has 2 atom stereocenters. The van der Waals surface area contributed by atoms with Crippen LogP contribution in [0.15, 0.2) is 6.07 Å². The quantitative estimate of drug-likeness (QED) is 0.805. The van der Waals surface area contributed by atoms with Gasteiger partial charge in [0.1, 0.15) is 5.82 Å². The molecule has 3 heterocycles. The van der Waals surface area contributed by atoms with Crippen LogP contribution in [-0.2, 0) is 9.84 Å². The average molecular weight is 382 g/mol. The van der Waals surface area contributed by atoms with E-state index in [1.165, 1.54) is 19.3 Å². The Kier molecular flexibility index (Phi) is 4.68. The van der Waals surface area contributed by atoms with Crippen LogP contribution in [0, 0.1) is 6.92 Å². The maximum absolute atomic E-state index is 12.9. The predicted molar refractivity (Wildman–Crippen MR) is 99.0 cm³/mol. The van der Waals surface area contributed by atoms with Gasteiger partial charge in [0.2, 0.25) is 0 Å². The Morgan fingerprint density at radius 2 is 2.04 bits per heavy atom. The molecule has 0 aromatic carbocycles. The molecule has 2 amide bonds. The molecule has 0 spiro atoms. The van der Waals surface area contributed by atoms with Crippen LogP contribution in [0.5, 0.6) is 0 Å². The number of nitrogens with zero attached hydrogens (tertiary/aromatic N) is 3. The molecule has 1 aliphatic carbocycles. The van der Waals surface area contributed by atoms with Gasteiger partial charge in [-0.3, -0.25) is 5.32 Å². The summed E-state index contributed by atoms with van der Waals surface area (Å²) in [4.78, 5) is 14.6. The topological polar surface area (TPSA) is 96.3 Å². The van der Waals surface area contributed by atoms with Gasteiger partial charge < -0.3 is 10.2 Å². The van der Waals surface area contributed by atoms with E-state index < -0.39 is 9.84 Å². The summed E-state index contributed by atoms with van der Waals surface area (Å²) in [6, 6.07) is 1.55. The number of hydrogen-bond donors (Lipinski definition) is 2. The molecule has 2 saturated heterocycles. The van der Waals surface area contributed by atoms with Gasteiger partial charge >= 0.3 is 6.03 Å². The van der Waals surface area contributed by atoms with Crippen molar-refractivity contribution in [3.63, 3.8) is 0 Å². The molecular weight excluding hydrogens is 354 g/mol. The molecule has 8 nitrogen and oxygen atoms in total. The van der Waals surface area contributed by atoms with Crippen LogP contribution in [0.25, 0.3) is 0 Å². The molecule has 2 aliphatic heterocycles. The number of hydrogen-bond acceptors (Lipinski definition) is 5. The number of rotatable bonds is 2. The van der Waals surface area contributed by atoms with E-state index in [-0.39, 0.29) is 29.6 Å². The SMILES string of the molecule is Cc1cc(NC(=O)N2CCN[C@@H]3CS(=O)(=O)C[C@@H]32)n(C2CCCCC2)n1. The van der Waals surface area contributed by atoms with Gasteiger partial charge in [0.15, 0.2) is 9.84 Å². The van der Waals surface area contributed by atoms with Crippen molar-refractivity contribution in [2.75, 3.05) is 29.9 Å². The Bertz CT molecular complexity index is 784. The third-order valence-electron chi connectivity index (χ3n) is 5.76. The summed E-state index contributed by atoms with van der Waals surface area (Å²) in [5, 5.41) is 10.8. The smallest absolute Gasteiger partial charge is 0.318 e. The lowest BCUT2D eigenvalue weighted by molar-refractivity contribution is 0.163. The Morgan fingerprint density at radius 3 is 2.81 bits per heavy atom. The molecule has 4 rings (SSSR count). The van der Waals surface area contributed by atoms with Crippen molar-refractivity contribution < 1.29 is 13.2 Å². The van der Waals surface area contributed by atoms with E-state index in [4.69, 9.17) is 0 Å². The normalized spacial score (nSPS) is 28.7. The Labute approximate surface area is 154 Å². The molecule has 0 bridgehead atoms. The molecule has 0 radical (unpaired) electrons. The van der Waals surface area contributed by atoms with Crippen molar-refractivity contribution in [1.29, 1.82) is 0 Å². The molecule has 3 aliphatic rings. The number of anilines is 1. The van der Waals surface area contributed by atoms with Crippen molar-refractivity contribution >= 4 is 21.7 Å². The summed E-state index contributed by atoms with van der Waals surface area (Å²) >= 11 is 0. The molecule has 26 heavy (non-hydrogen) atoms. The molecule has 9 heteroatoms. The Hall–Kier alpha value is -1.61. The van der Waals surface area contributed by atoms with Gasteiger partial charge in [-0.25, -0.2) is 17.9 Å². The van der Waals surface area contributed by atoms with Crippen LogP contribution in [-0.4, -0.2) is 65.8 Å². The standard InChI is InChI=1S/C17H27N5O3S/c1-12-9-16(22(20-12)13-5-3-2-4-6-13)19-17(23)21-8-7-18-14-10-26(24,25)11-15(14)21/h9,13-15,18H,2-8,10-11H2,1H3,(H,19,23)/t14-,15+/m1/s1. The van der Waals surface area contributed by atoms with Crippen molar-refractivity contribution in [2.24, 2.45) is 0 Å². The second kappa shape index (κ2) is 6.84. The molecule has 1 aromatic rings. The van der Waals surface area contributed by atoms with E-state index in [0.717, 1.165) is 24.4 Å². The lowest BCUT2D eigenvalue weighted by Gasteiger charge is -2.37. The van der Waals surface area contributed by atoms with Crippen LogP contribution < -0.4 is 10.6 Å². The van der Waals surface area contributed by atoms with E-state index in [9.17, 15) is 13.2 Å². The van der Waals surface area contributed by atoms with Crippen LogP contribution in [0.4, 0.5) is 10.6 Å². The first kappa shape index (κ1) is 17.8. The molecule has 2 N–H and O–H groups in total.